The summed E-state index contributed by atoms with van der Waals surface area (Å²) in [6, 6.07) is 1.78. The van der Waals surface area contributed by atoms with E-state index in [4.69, 9.17) is 11.6 Å². The van der Waals surface area contributed by atoms with Crippen molar-refractivity contribution in [3.05, 3.63) is 22.0 Å². The third-order valence-electron chi connectivity index (χ3n) is 1.28. The monoisotopic (exact) mass is 231 g/mol. The summed E-state index contributed by atoms with van der Waals surface area (Å²) in [5.74, 6) is 0. The number of pyridine rings is 1. The van der Waals surface area contributed by atoms with E-state index in [0.717, 1.165) is 5.52 Å². The maximum absolute atomic E-state index is 5.70. The van der Waals surface area contributed by atoms with Crippen LogP contribution in [-0.4, -0.2) is 15.0 Å². The second-order valence-corrected chi connectivity index (χ2v) is 3.24. The number of hydrogen-bond donors (Lipinski definition) is 1. The first-order valence-electron chi connectivity index (χ1n) is 2.92. The van der Waals surface area contributed by atoms with Gasteiger partial charge in [0.05, 0.1) is 10.5 Å². The van der Waals surface area contributed by atoms with E-state index in [9.17, 15) is 0 Å². The first-order chi connectivity index (χ1) is 5.25. The van der Waals surface area contributed by atoms with E-state index in [0.29, 0.717) is 15.4 Å². The van der Waals surface area contributed by atoms with Crippen molar-refractivity contribution in [3.63, 3.8) is 0 Å². The Bertz CT molecular complexity index is 398. The molecule has 2 rings (SSSR count). The van der Waals surface area contributed by atoms with Crippen molar-refractivity contribution in [2.75, 3.05) is 0 Å². The lowest BCUT2D eigenvalue weighted by molar-refractivity contribution is 1.24. The molecular formula is C6H3BrClN3. The first kappa shape index (κ1) is 7.06. The van der Waals surface area contributed by atoms with Crippen LogP contribution in [0.2, 0.25) is 5.02 Å². The van der Waals surface area contributed by atoms with Gasteiger partial charge in [-0.05, 0) is 22.0 Å². The normalized spacial score (nSPS) is 10.7. The van der Waals surface area contributed by atoms with Crippen LogP contribution in [0.1, 0.15) is 0 Å². The molecule has 0 bridgehead atoms. The zero-order valence-corrected chi connectivity index (χ0v) is 7.65. The van der Waals surface area contributed by atoms with Crippen LogP contribution < -0.4 is 0 Å². The van der Waals surface area contributed by atoms with Gasteiger partial charge < -0.3 is 4.98 Å². The maximum atomic E-state index is 5.70. The van der Waals surface area contributed by atoms with Gasteiger partial charge >= 0.3 is 0 Å². The van der Waals surface area contributed by atoms with Crippen molar-refractivity contribution in [3.8, 4) is 0 Å². The van der Waals surface area contributed by atoms with E-state index in [1.54, 1.807) is 12.3 Å². The molecule has 1 N–H and O–H groups in total. The molecule has 0 radical (unpaired) electrons. The van der Waals surface area contributed by atoms with E-state index in [1.807, 2.05) is 0 Å². The van der Waals surface area contributed by atoms with Crippen LogP contribution in [0.15, 0.2) is 17.0 Å². The fourth-order valence-electron chi connectivity index (χ4n) is 0.845. The molecule has 0 spiro atoms. The van der Waals surface area contributed by atoms with Crippen molar-refractivity contribution in [1.29, 1.82) is 0 Å². The number of halogens is 2. The molecule has 3 nitrogen and oxygen atoms in total. The SMILES string of the molecule is Clc1cnc2nc(Br)[nH]c2c1. The molecule has 11 heavy (non-hydrogen) atoms. The predicted molar refractivity (Wildman–Crippen MR) is 46.6 cm³/mol. The summed E-state index contributed by atoms with van der Waals surface area (Å²) >= 11 is 8.90. The number of hydrogen-bond acceptors (Lipinski definition) is 2. The van der Waals surface area contributed by atoms with Crippen molar-refractivity contribution in [2.45, 2.75) is 0 Å². The molecule has 2 heterocycles. The van der Waals surface area contributed by atoms with Crippen molar-refractivity contribution >= 4 is 38.7 Å². The molecule has 0 amide bonds. The molecule has 0 unspecified atom stereocenters. The van der Waals surface area contributed by atoms with Crippen LogP contribution in [0, 0.1) is 0 Å². The Morgan fingerprint density at radius 2 is 2.36 bits per heavy atom. The van der Waals surface area contributed by atoms with Crippen LogP contribution >= 0.6 is 27.5 Å². The minimum atomic E-state index is 0.605. The highest BCUT2D eigenvalue weighted by Crippen LogP contribution is 2.16. The van der Waals surface area contributed by atoms with Crippen LogP contribution in [0.25, 0.3) is 11.2 Å². The maximum Gasteiger partial charge on any atom is 0.178 e. The Kier molecular flexibility index (Phi) is 1.58. The van der Waals surface area contributed by atoms with Gasteiger partial charge in [-0.2, -0.15) is 0 Å². The lowest BCUT2D eigenvalue weighted by Gasteiger charge is -1.86. The van der Waals surface area contributed by atoms with Crippen molar-refractivity contribution < 1.29 is 0 Å². The van der Waals surface area contributed by atoms with Crippen LogP contribution in [0.5, 0.6) is 0 Å². The van der Waals surface area contributed by atoms with Gasteiger partial charge in [-0.3, -0.25) is 0 Å². The Morgan fingerprint density at radius 1 is 1.55 bits per heavy atom. The van der Waals surface area contributed by atoms with Gasteiger partial charge in [0.15, 0.2) is 10.4 Å². The fraction of sp³-hybridized carbons (Fsp3) is 0. The lowest BCUT2D eigenvalue weighted by atomic mass is 10.4. The second kappa shape index (κ2) is 2.46. The molecule has 0 atom stereocenters. The number of aromatic amines is 1. The average molecular weight is 232 g/mol. The topological polar surface area (TPSA) is 41.6 Å². The van der Waals surface area contributed by atoms with Gasteiger partial charge in [0, 0.05) is 6.20 Å². The smallest absolute Gasteiger partial charge is 0.178 e. The molecule has 0 fully saturated rings. The molecule has 0 saturated heterocycles. The molecule has 0 aliphatic heterocycles. The number of rotatable bonds is 0. The largest absolute Gasteiger partial charge is 0.331 e. The van der Waals surface area contributed by atoms with Gasteiger partial charge in [-0.25, -0.2) is 9.97 Å². The molecule has 56 valence electrons. The summed E-state index contributed by atoms with van der Waals surface area (Å²) in [4.78, 5) is 11.0. The van der Waals surface area contributed by atoms with Gasteiger partial charge in [-0.1, -0.05) is 11.6 Å². The summed E-state index contributed by atoms with van der Waals surface area (Å²) in [6.07, 6.45) is 1.57. The molecule has 0 aliphatic rings. The van der Waals surface area contributed by atoms with E-state index < -0.39 is 0 Å². The van der Waals surface area contributed by atoms with Crippen LogP contribution in [0.3, 0.4) is 0 Å². The van der Waals surface area contributed by atoms with Crippen LogP contribution in [-0.2, 0) is 0 Å². The minimum absolute atomic E-state index is 0.605. The first-order valence-corrected chi connectivity index (χ1v) is 4.09. The van der Waals surface area contributed by atoms with Gasteiger partial charge in [0.25, 0.3) is 0 Å². The number of H-pyrrole nitrogens is 1. The quantitative estimate of drug-likeness (QED) is 0.758. The summed E-state index contributed by atoms with van der Waals surface area (Å²) in [6.45, 7) is 0. The van der Waals surface area contributed by atoms with E-state index in [1.165, 1.54) is 0 Å². The second-order valence-electron chi connectivity index (χ2n) is 2.05. The number of imidazole rings is 1. The van der Waals surface area contributed by atoms with Gasteiger partial charge in [0.2, 0.25) is 0 Å². The summed E-state index contributed by atoms with van der Waals surface area (Å²) < 4.78 is 0.669. The molecule has 0 saturated carbocycles. The molecule has 0 aromatic carbocycles. The highest BCUT2D eigenvalue weighted by molar-refractivity contribution is 9.10. The summed E-state index contributed by atoms with van der Waals surface area (Å²) in [5.41, 5.74) is 1.51. The van der Waals surface area contributed by atoms with Gasteiger partial charge in [-0.15, -0.1) is 0 Å². The Hall–Kier alpha value is -0.610. The summed E-state index contributed by atoms with van der Waals surface area (Å²) in [7, 11) is 0. The Balaban J connectivity index is 2.82. The number of fused-ring (bicyclic) bond motifs is 1. The summed E-state index contributed by atoms with van der Waals surface area (Å²) in [5, 5.41) is 0.605. The molecule has 0 aliphatic carbocycles. The van der Waals surface area contributed by atoms with Gasteiger partial charge in [0.1, 0.15) is 0 Å². The average Bonchev–Trinajstić information content (AvgIpc) is 2.27. The Morgan fingerprint density at radius 3 is 3.18 bits per heavy atom. The van der Waals surface area contributed by atoms with Crippen molar-refractivity contribution in [1.82, 2.24) is 15.0 Å². The zero-order valence-electron chi connectivity index (χ0n) is 5.31. The molecule has 2 aromatic heterocycles. The Labute approximate surface area is 75.9 Å². The highest BCUT2D eigenvalue weighted by atomic mass is 79.9. The fourth-order valence-corrected chi connectivity index (χ4v) is 1.38. The number of nitrogens with zero attached hydrogens (tertiary/aromatic N) is 2. The number of nitrogens with one attached hydrogen (secondary N) is 1. The van der Waals surface area contributed by atoms with E-state index in [-0.39, 0.29) is 0 Å². The van der Waals surface area contributed by atoms with Crippen LogP contribution in [0.4, 0.5) is 0 Å². The minimum Gasteiger partial charge on any atom is -0.331 e. The predicted octanol–water partition coefficient (Wildman–Crippen LogP) is 2.37. The highest BCUT2D eigenvalue weighted by Gasteiger charge is 2.00. The standard InChI is InChI=1S/C6H3BrClN3/c7-6-10-4-1-3(8)2-9-5(4)11-6/h1-2H,(H,9,10,11). The van der Waals surface area contributed by atoms with Crippen molar-refractivity contribution in [2.24, 2.45) is 0 Å². The molecular weight excluding hydrogens is 229 g/mol. The third kappa shape index (κ3) is 1.23. The number of aromatic nitrogens is 3. The molecule has 5 heteroatoms. The zero-order chi connectivity index (χ0) is 7.84. The lowest BCUT2D eigenvalue weighted by Crippen LogP contribution is -1.74. The van der Waals surface area contributed by atoms with E-state index in [2.05, 4.69) is 30.9 Å². The van der Waals surface area contributed by atoms with E-state index >= 15 is 0 Å². The molecule has 2 aromatic rings. The third-order valence-corrected chi connectivity index (χ3v) is 1.86.